The molecule has 192 valence electrons. The third kappa shape index (κ3) is 7.34. The van der Waals surface area contributed by atoms with Crippen molar-refractivity contribution in [2.24, 2.45) is 5.10 Å². The van der Waals surface area contributed by atoms with E-state index >= 15 is 0 Å². The lowest BCUT2D eigenvalue weighted by Gasteiger charge is -2.26. The monoisotopic (exact) mass is 503 g/mol. The van der Waals surface area contributed by atoms with E-state index in [0.717, 1.165) is 42.6 Å². The quantitative estimate of drug-likeness (QED) is 0.210. The number of benzene rings is 3. The van der Waals surface area contributed by atoms with E-state index in [2.05, 4.69) is 15.4 Å². The largest absolute Gasteiger partial charge is 0.492 e. The van der Waals surface area contributed by atoms with Crippen molar-refractivity contribution in [3.8, 4) is 5.75 Å². The van der Waals surface area contributed by atoms with Crippen LogP contribution in [0.1, 0.15) is 30.4 Å². The Hall–Kier alpha value is -4.31. The van der Waals surface area contributed by atoms with Crippen LogP contribution >= 0.6 is 0 Å². The van der Waals surface area contributed by atoms with E-state index in [4.69, 9.17) is 4.74 Å². The van der Waals surface area contributed by atoms with Crippen molar-refractivity contribution in [2.45, 2.75) is 25.7 Å². The van der Waals surface area contributed by atoms with Crippen molar-refractivity contribution in [1.82, 2.24) is 4.90 Å². The van der Waals surface area contributed by atoms with E-state index < -0.39 is 15.5 Å². The molecule has 0 aliphatic carbocycles. The zero-order chi connectivity index (χ0) is 26.0. The summed E-state index contributed by atoms with van der Waals surface area (Å²) in [6.45, 7) is 3.78. The second kappa shape index (κ2) is 12.6. The van der Waals surface area contributed by atoms with Crippen LogP contribution in [0.15, 0.2) is 77.9 Å². The third-order valence-electron chi connectivity index (χ3n) is 6.23. The van der Waals surface area contributed by atoms with Crippen LogP contribution in [0.3, 0.4) is 0 Å². The second-order valence-electron chi connectivity index (χ2n) is 8.82. The number of piperidine rings is 1. The number of likely N-dealkylation sites (tertiary alicyclic amines) is 1. The van der Waals surface area contributed by atoms with E-state index in [1.54, 1.807) is 0 Å². The fourth-order valence-corrected chi connectivity index (χ4v) is 4.22. The predicted molar refractivity (Wildman–Crippen MR) is 142 cm³/mol. The first-order valence-electron chi connectivity index (χ1n) is 12.2. The third-order valence-corrected chi connectivity index (χ3v) is 6.23. The van der Waals surface area contributed by atoms with Gasteiger partial charge in [0, 0.05) is 19.0 Å². The maximum absolute atomic E-state index is 11.5. The number of non-ortho nitro benzene ring substituents is 1. The SMILES string of the molecule is O=[N+]([O-])c1ccc(N/N=C(\Cc2ccccc2)c2ccc(OCCN3CCCCC3)cc2)c([N+](=O)[O-])c1. The van der Waals surface area contributed by atoms with Crippen molar-refractivity contribution in [3.05, 3.63) is 104 Å². The minimum absolute atomic E-state index is 0.0684. The molecule has 1 aliphatic rings. The summed E-state index contributed by atoms with van der Waals surface area (Å²) in [4.78, 5) is 23.6. The Labute approximate surface area is 214 Å². The summed E-state index contributed by atoms with van der Waals surface area (Å²) >= 11 is 0. The molecule has 1 N–H and O–H groups in total. The Kier molecular flexibility index (Phi) is 8.77. The number of nitrogens with one attached hydrogen (secondary N) is 1. The molecule has 1 fully saturated rings. The summed E-state index contributed by atoms with van der Waals surface area (Å²) in [6.07, 6.45) is 4.27. The lowest BCUT2D eigenvalue weighted by Crippen LogP contribution is -2.33. The van der Waals surface area contributed by atoms with Gasteiger partial charge >= 0.3 is 5.69 Å². The molecule has 0 aromatic heterocycles. The Morgan fingerprint density at radius 2 is 1.65 bits per heavy atom. The summed E-state index contributed by atoms with van der Waals surface area (Å²) in [5.41, 5.74) is 4.53. The molecule has 0 saturated carbocycles. The van der Waals surface area contributed by atoms with Gasteiger partial charge in [0.1, 0.15) is 18.0 Å². The van der Waals surface area contributed by atoms with Gasteiger partial charge in [0.2, 0.25) is 0 Å². The number of ether oxygens (including phenoxy) is 1. The van der Waals surface area contributed by atoms with E-state index in [0.29, 0.717) is 18.7 Å². The van der Waals surface area contributed by atoms with Crippen LogP contribution in [0.2, 0.25) is 0 Å². The van der Waals surface area contributed by atoms with Crippen LogP contribution < -0.4 is 10.2 Å². The van der Waals surface area contributed by atoms with Gasteiger partial charge in [-0.05, 0) is 67.4 Å². The average molecular weight is 504 g/mol. The fourth-order valence-electron chi connectivity index (χ4n) is 4.22. The molecular weight excluding hydrogens is 474 g/mol. The van der Waals surface area contributed by atoms with Crippen molar-refractivity contribution in [3.63, 3.8) is 0 Å². The number of hydrogen-bond donors (Lipinski definition) is 1. The van der Waals surface area contributed by atoms with Crippen LogP contribution in [0.25, 0.3) is 0 Å². The molecule has 0 radical (unpaired) electrons. The average Bonchev–Trinajstić information content (AvgIpc) is 2.92. The molecule has 0 amide bonds. The Bertz CT molecular complexity index is 1240. The van der Waals surface area contributed by atoms with E-state index in [1.165, 1.54) is 31.4 Å². The summed E-state index contributed by atoms with van der Waals surface area (Å²) in [5, 5.41) is 27.0. The molecule has 0 bridgehead atoms. The highest BCUT2D eigenvalue weighted by Crippen LogP contribution is 2.29. The molecule has 1 saturated heterocycles. The number of hydrazone groups is 1. The van der Waals surface area contributed by atoms with Gasteiger partial charge in [0.25, 0.3) is 5.69 Å². The molecule has 0 atom stereocenters. The van der Waals surface area contributed by atoms with Crippen LogP contribution in [0.4, 0.5) is 17.1 Å². The maximum Gasteiger partial charge on any atom is 0.301 e. The van der Waals surface area contributed by atoms with E-state index in [-0.39, 0.29) is 11.4 Å². The van der Waals surface area contributed by atoms with Gasteiger partial charge in [0.15, 0.2) is 0 Å². The molecule has 3 aromatic rings. The normalized spacial score (nSPS) is 14.2. The molecule has 0 unspecified atom stereocenters. The molecular formula is C27H29N5O5. The van der Waals surface area contributed by atoms with E-state index in [1.807, 2.05) is 54.6 Å². The topological polar surface area (TPSA) is 123 Å². The molecule has 3 aromatic carbocycles. The second-order valence-corrected chi connectivity index (χ2v) is 8.82. The van der Waals surface area contributed by atoms with Gasteiger partial charge in [-0.15, -0.1) is 0 Å². The number of anilines is 1. The summed E-state index contributed by atoms with van der Waals surface area (Å²) in [5.74, 6) is 0.763. The minimum Gasteiger partial charge on any atom is -0.492 e. The van der Waals surface area contributed by atoms with Gasteiger partial charge in [-0.1, -0.05) is 36.8 Å². The highest BCUT2D eigenvalue weighted by atomic mass is 16.6. The highest BCUT2D eigenvalue weighted by molar-refractivity contribution is 6.02. The fraction of sp³-hybridized carbons (Fsp3) is 0.296. The lowest BCUT2D eigenvalue weighted by atomic mass is 10.0. The molecule has 10 nitrogen and oxygen atoms in total. The molecule has 1 aliphatic heterocycles. The van der Waals surface area contributed by atoms with Crippen LogP contribution in [-0.2, 0) is 6.42 Å². The van der Waals surface area contributed by atoms with Crippen LogP contribution in [-0.4, -0.2) is 46.7 Å². The summed E-state index contributed by atoms with van der Waals surface area (Å²) in [7, 11) is 0. The zero-order valence-corrected chi connectivity index (χ0v) is 20.4. The van der Waals surface area contributed by atoms with Gasteiger partial charge in [0.05, 0.1) is 21.6 Å². The lowest BCUT2D eigenvalue weighted by molar-refractivity contribution is -0.393. The Morgan fingerprint density at radius 3 is 2.32 bits per heavy atom. The molecule has 1 heterocycles. The smallest absolute Gasteiger partial charge is 0.301 e. The Balaban J connectivity index is 1.51. The first kappa shape index (κ1) is 25.8. The number of nitro groups is 2. The predicted octanol–water partition coefficient (Wildman–Crippen LogP) is 5.43. The van der Waals surface area contributed by atoms with Crippen LogP contribution in [0, 0.1) is 20.2 Å². The van der Waals surface area contributed by atoms with Crippen molar-refractivity contribution >= 4 is 22.8 Å². The first-order chi connectivity index (χ1) is 18.0. The number of nitrogens with zero attached hydrogens (tertiary/aromatic N) is 4. The summed E-state index contributed by atoms with van der Waals surface area (Å²) < 4.78 is 5.94. The van der Waals surface area contributed by atoms with E-state index in [9.17, 15) is 20.2 Å². The number of nitro benzene ring substituents is 2. The minimum atomic E-state index is -0.670. The number of rotatable bonds is 11. The zero-order valence-electron chi connectivity index (χ0n) is 20.4. The standard InChI is InChI=1S/C27H29N5O5/c33-31(34)23-11-14-25(27(20-23)32(35)36)28-29-26(19-21-7-3-1-4-8-21)22-9-12-24(13-10-22)37-18-17-30-15-5-2-6-16-30/h1,3-4,7-14,20,28H,2,5-6,15-19H2/b29-26+. The molecule has 10 heteroatoms. The first-order valence-corrected chi connectivity index (χ1v) is 12.2. The van der Waals surface area contributed by atoms with Gasteiger partial charge in [-0.25, -0.2) is 0 Å². The van der Waals surface area contributed by atoms with Gasteiger partial charge in [-0.3, -0.25) is 30.6 Å². The van der Waals surface area contributed by atoms with Gasteiger partial charge < -0.3 is 4.74 Å². The Morgan fingerprint density at radius 1 is 0.919 bits per heavy atom. The van der Waals surface area contributed by atoms with Crippen molar-refractivity contribution in [1.29, 1.82) is 0 Å². The van der Waals surface area contributed by atoms with Crippen molar-refractivity contribution < 1.29 is 14.6 Å². The van der Waals surface area contributed by atoms with Gasteiger partial charge in [-0.2, -0.15) is 5.10 Å². The molecule has 37 heavy (non-hydrogen) atoms. The van der Waals surface area contributed by atoms with Crippen LogP contribution in [0.5, 0.6) is 5.75 Å². The molecule has 0 spiro atoms. The number of hydrogen-bond acceptors (Lipinski definition) is 8. The summed E-state index contributed by atoms with van der Waals surface area (Å²) in [6, 6.07) is 20.7. The van der Waals surface area contributed by atoms with Crippen molar-refractivity contribution in [2.75, 3.05) is 31.7 Å². The maximum atomic E-state index is 11.5. The highest BCUT2D eigenvalue weighted by Gasteiger charge is 2.19. The molecule has 4 rings (SSSR count).